The largest absolute Gasteiger partial charge is 1.00 e. The van der Waals surface area contributed by atoms with Crippen molar-refractivity contribution < 1.29 is 33.3 Å². The van der Waals surface area contributed by atoms with Crippen molar-refractivity contribution in [3.8, 4) is 11.4 Å². The molecule has 2 rings (SSSR count). The van der Waals surface area contributed by atoms with Gasteiger partial charge in [-0.1, -0.05) is 83.3 Å². The quantitative estimate of drug-likeness (QED) is 0.209. The number of ether oxygens (including phenoxy) is 1. The van der Waals surface area contributed by atoms with E-state index in [1.54, 1.807) is 7.11 Å². The molecule has 0 fully saturated rings. The van der Waals surface area contributed by atoms with Gasteiger partial charge in [-0.3, -0.25) is 0 Å². The molecule has 0 aliphatic rings. The maximum Gasteiger partial charge on any atom is 0.249 e. The van der Waals surface area contributed by atoms with E-state index in [9.17, 15) is 0 Å². The summed E-state index contributed by atoms with van der Waals surface area (Å²) in [5, 5.41) is 0. The number of rotatable bonds is 15. The Morgan fingerprint density at radius 3 is 2.00 bits per heavy atom. The summed E-state index contributed by atoms with van der Waals surface area (Å²) >= 11 is 0. The zero-order valence-corrected chi connectivity index (χ0v) is 20.1. The molecule has 3 nitrogen and oxygen atoms in total. The first-order chi connectivity index (χ1) is 13.3. The van der Waals surface area contributed by atoms with E-state index in [0.717, 1.165) is 18.0 Å². The Morgan fingerprint density at radius 1 is 0.821 bits per heavy atom. The predicted molar refractivity (Wildman–Crippen MR) is 114 cm³/mol. The molecule has 28 heavy (non-hydrogen) atoms. The van der Waals surface area contributed by atoms with Crippen LogP contribution in [0.15, 0.2) is 43.0 Å². The number of para-hydroxylation sites is 2. The van der Waals surface area contributed by atoms with Gasteiger partial charge in [-0.05, 0) is 25.0 Å². The molecule has 0 amide bonds. The molecule has 0 atom stereocenters. The molecule has 1 heterocycles. The molecule has 4 heteroatoms. The van der Waals surface area contributed by atoms with Gasteiger partial charge in [-0.25, -0.2) is 4.57 Å². The molecule has 0 saturated carbocycles. The van der Waals surface area contributed by atoms with Crippen molar-refractivity contribution in [2.45, 2.75) is 90.5 Å². The zero-order chi connectivity index (χ0) is 19.2. The highest BCUT2D eigenvalue weighted by Crippen LogP contribution is 2.21. The van der Waals surface area contributed by atoms with E-state index in [-0.39, 0.29) is 24.0 Å². The van der Waals surface area contributed by atoms with E-state index in [2.05, 4.69) is 40.8 Å². The standard InChI is InChI=1S/C24H39N2O.HI/c1-3-4-5-6-7-8-9-10-11-12-13-16-19-25-20-21-26(22-25)23-17-14-15-18-24(23)27-2;/h14-15,17-18,20-22H,3-13,16,19H2,1-2H3;1H/q+1;/p-1. The molecule has 1 aromatic carbocycles. The van der Waals surface area contributed by atoms with Gasteiger partial charge in [0.15, 0.2) is 11.4 Å². The first-order valence-electron chi connectivity index (χ1n) is 11.1. The van der Waals surface area contributed by atoms with Crippen LogP contribution in [0, 0.1) is 0 Å². The number of nitrogens with zero attached hydrogens (tertiary/aromatic N) is 2. The van der Waals surface area contributed by atoms with Gasteiger partial charge < -0.3 is 28.7 Å². The summed E-state index contributed by atoms with van der Waals surface area (Å²) in [7, 11) is 1.73. The van der Waals surface area contributed by atoms with Gasteiger partial charge >= 0.3 is 0 Å². The molecular formula is C24H39IN2O. The number of hydrogen-bond donors (Lipinski definition) is 0. The van der Waals surface area contributed by atoms with E-state index >= 15 is 0 Å². The summed E-state index contributed by atoms with van der Waals surface area (Å²) < 4.78 is 9.88. The molecule has 0 aliphatic heterocycles. The summed E-state index contributed by atoms with van der Waals surface area (Å²) in [5.41, 5.74) is 1.09. The molecule has 0 saturated heterocycles. The maximum absolute atomic E-state index is 5.46. The zero-order valence-electron chi connectivity index (χ0n) is 17.9. The summed E-state index contributed by atoms with van der Waals surface area (Å²) in [6, 6.07) is 8.15. The van der Waals surface area contributed by atoms with Crippen LogP contribution in [0.1, 0.15) is 84.0 Å². The van der Waals surface area contributed by atoms with Crippen LogP contribution in [-0.4, -0.2) is 11.7 Å². The van der Waals surface area contributed by atoms with Crippen LogP contribution in [0.3, 0.4) is 0 Å². The maximum atomic E-state index is 5.46. The molecule has 0 aliphatic carbocycles. The van der Waals surface area contributed by atoms with E-state index in [0.29, 0.717) is 0 Å². The van der Waals surface area contributed by atoms with Crippen molar-refractivity contribution in [1.82, 2.24) is 4.57 Å². The Labute approximate surface area is 189 Å². The third-order valence-corrected chi connectivity index (χ3v) is 5.32. The highest BCUT2D eigenvalue weighted by atomic mass is 127. The van der Waals surface area contributed by atoms with Gasteiger partial charge in [-0.15, -0.1) is 0 Å². The summed E-state index contributed by atoms with van der Waals surface area (Å²) in [6.45, 7) is 3.38. The van der Waals surface area contributed by atoms with Gasteiger partial charge in [0.05, 0.1) is 13.7 Å². The predicted octanol–water partition coefficient (Wildman–Crippen LogP) is 3.48. The van der Waals surface area contributed by atoms with Crippen LogP contribution >= 0.6 is 0 Å². The number of hydrogen-bond acceptors (Lipinski definition) is 1. The van der Waals surface area contributed by atoms with Crippen molar-refractivity contribution in [3.63, 3.8) is 0 Å². The molecule has 0 bridgehead atoms. The lowest BCUT2D eigenvalue weighted by Gasteiger charge is -2.03. The van der Waals surface area contributed by atoms with Crippen molar-refractivity contribution in [1.29, 1.82) is 0 Å². The minimum absolute atomic E-state index is 0. The second kappa shape index (κ2) is 15.8. The van der Waals surface area contributed by atoms with E-state index in [1.807, 2.05) is 18.2 Å². The number of aromatic nitrogens is 2. The summed E-state index contributed by atoms with van der Waals surface area (Å²) in [6.07, 6.45) is 23.2. The Kier molecular flexibility index (Phi) is 14.1. The number of methoxy groups -OCH3 is 1. The van der Waals surface area contributed by atoms with Crippen molar-refractivity contribution >= 4 is 0 Å². The fourth-order valence-electron chi connectivity index (χ4n) is 3.65. The summed E-state index contributed by atoms with van der Waals surface area (Å²) in [4.78, 5) is 0. The Balaban J connectivity index is 0.00000392. The highest BCUT2D eigenvalue weighted by Gasteiger charge is 2.11. The number of imidazole rings is 1. The fraction of sp³-hybridized carbons (Fsp3) is 0.625. The lowest BCUT2D eigenvalue weighted by Crippen LogP contribution is -3.00. The van der Waals surface area contributed by atoms with Gasteiger partial charge in [0.25, 0.3) is 0 Å². The van der Waals surface area contributed by atoms with E-state index in [1.165, 1.54) is 77.0 Å². The molecule has 2 aromatic rings. The first-order valence-corrected chi connectivity index (χ1v) is 11.1. The molecular weight excluding hydrogens is 459 g/mol. The van der Waals surface area contributed by atoms with E-state index < -0.39 is 0 Å². The third kappa shape index (κ3) is 9.44. The van der Waals surface area contributed by atoms with Crippen LogP contribution in [0.25, 0.3) is 5.69 Å². The van der Waals surface area contributed by atoms with Crippen molar-refractivity contribution in [2.24, 2.45) is 0 Å². The lowest BCUT2D eigenvalue weighted by atomic mass is 10.1. The molecule has 0 unspecified atom stereocenters. The average Bonchev–Trinajstić information content (AvgIpc) is 3.17. The van der Waals surface area contributed by atoms with Gasteiger partial charge in [0.1, 0.15) is 12.4 Å². The SMILES string of the molecule is CCCCCCCCCCCCCC[n+]1ccn(-c2ccccc2OC)c1.[I-]. The molecule has 0 N–H and O–H groups in total. The van der Waals surface area contributed by atoms with Crippen LogP contribution in [0.5, 0.6) is 5.75 Å². The van der Waals surface area contributed by atoms with Crippen LogP contribution in [0.2, 0.25) is 0 Å². The van der Waals surface area contributed by atoms with Crippen LogP contribution < -0.4 is 33.3 Å². The first kappa shape index (κ1) is 25.0. The van der Waals surface area contributed by atoms with Gasteiger partial charge in [0.2, 0.25) is 6.33 Å². The normalized spacial score (nSPS) is 10.6. The van der Waals surface area contributed by atoms with Crippen LogP contribution in [0.4, 0.5) is 0 Å². The minimum Gasteiger partial charge on any atom is -1.00 e. The van der Waals surface area contributed by atoms with Crippen molar-refractivity contribution in [3.05, 3.63) is 43.0 Å². The third-order valence-electron chi connectivity index (χ3n) is 5.32. The number of unbranched alkanes of at least 4 members (excludes halogenated alkanes) is 11. The Morgan fingerprint density at radius 2 is 1.39 bits per heavy atom. The van der Waals surface area contributed by atoms with Gasteiger partial charge in [0, 0.05) is 0 Å². The number of benzene rings is 1. The molecule has 158 valence electrons. The van der Waals surface area contributed by atoms with Crippen molar-refractivity contribution in [2.75, 3.05) is 7.11 Å². The topological polar surface area (TPSA) is 18.0 Å². The minimum atomic E-state index is 0. The average molecular weight is 498 g/mol. The highest BCUT2D eigenvalue weighted by molar-refractivity contribution is 5.46. The Hall–Kier alpha value is -1.04. The molecule has 0 radical (unpaired) electrons. The van der Waals surface area contributed by atoms with Gasteiger partial charge in [-0.2, -0.15) is 4.57 Å². The lowest BCUT2D eigenvalue weighted by molar-refractivity contribution is -0.696. The number of aryl methyl sites for hydroxylation is 1. The smallest absolute Gasteiger partial charge is 0.249 e. The second-order valence-electron chi connectivity index (χ2n) is 7.62. The second-order valence-corrected chi connectivity index (χ2v) is 7.62. The molecule has 1 aromatic heterocycles. The Bertz CT molecular complexity index is 627. The fourth-order valence-corrected chi connectivity index (χ4v) is 3.65. The molecule has 0 spiro atoms. The van der Waals surface area contributed by atoms with Crippen LogP contribution in [-0.2, 0) is 6.54 Å². The monoisotopic (exact) mass is 498 g/mol. The number of halogens is 1. The summed E-state index contributed by atoms with van der Waals surface area (Å²) in [5.74, 6) is 0.908. The van der Waals surface area contributed by atoms with E-state index in [4.69, 9.17) is 4.74 Å².